The maximum absolute atomic E-state index is 10.6. The minimum atomic E-state index is -0.522. The number of ether oxygens (including phenoxy) is 2. The van der Waals surface area contributed by atoms with E-state index in [0.717, 1.165) is 0 Å². The van der Waals surface area contributed by atoms with Crippen LogP contribution in [-0.4, -0.2) is 61.7 Å². The van der Waals surface area contributed by atoms with E-state index in [2.05, 4.69) is 0 Å². The van der Waals surface area contributed by atoms with Crippen LogP contribution in [0.2, 0.25) is 0 Å². The van der Waals surface area contributed by atoms with Crippen LogP contribution in [0.15, 0.2) is 24.3 Å². The highest BCUT2D eigenvalue weighted by molar-refractivity contribution is 5.96. The molecule has 8 nitrogen and oxygen atoms in total. The monoisotopic (exact) mass is 314 g/mol. The summed E-state index contributed by atoms with van der Waals surface area (Å²) in [5, 5.41) is 16.5. The maximum Gasteiger partial charge on any atom is 0.248 e. The number of hydrogen-bond acceptors (Lipinski definition) is 6. The predicted molar refractivity (Wildman–Crippen MR) is 79.3 cm³/mol. The number of hydrogen-bond donors (Lipinski definition) is 4. The van der Waals surface area contributed by atoms with Crippen LogP contribution in [0.4, 0.5) is 0 Å². The second-order valence-electron chi connectivity index (χ2n) is 3.98. The van der Waals surface area contributed by atoms with Gasteiger partial charge in [-0.05, 0) is 24.3 Å². The van der Waals surface area contributed by atoms with Crippen molar-refractivity contribution in [3.63, 3.8) is 0 Å². The molecule has 6 N–H and O–H groups in total. The molecule has 0 bridgehead atoms. The van der Waals surface area contributed by atoms with E-state index in [0.29, 0.717) is 37.6 Å². The van der Waals surface area contributed by atoms with Crippen molar-refractivity contribution >= 4 is 11.8 Å². The second kappa shape index (κ2) is 12.7. The van der Waals surface area contributed by atoms with E-state index in [1.807, 2.05) is 0 Å². The van der Waals surface area contributed by atoms with Crippen LogP contribution in [0.25, 0.3) is 0 Å². The van der Waals surface area contributed by atoms with Crippen LogP contribution in [0.5, 0.6) is 0 Å². The van der Waals surface area contributed by atoms with E-state index in [1.54, 1.807) is 0 Å². The van der Waals surface area contributed by atoms with Crippen LogP contribution in [0.3, 0.4) is 0 Å². The van der Waals surface area contributed by atoms with E-state index >= 15 is 0 Å². The number of carbonyl (C=O) groups excluding carboxylic acids is 2. The molecule has 0 radical (unpaired) electrons. The first kappa shape index (κ1) is 20.0. The van der Waals surface area contributed by atoms with Crippen molar-refractivity contribution in [1.29, 1.82) is 0 Å². The van der Waals surface area contributed by atoms with Crippen LogP contribution in [0.1, 0.15) is 20.7 Å². The predicted octanol–water partition coefficient (Wildman–Crippen LogP) is -1.11. The molecule has 0 aliphatic heterocycles. The van der Waals surface area contributed by atoms with Crippen LogP contribution < -0.4 is 11.5 Å². The lowest BCUT2D eigenvalue weighted by molar-refractivity contribution is 0.0222. The summed E-state index contributed by atoms with van der Waals surface area (Å²) in [6, 6.07) is 5.84. The fourth-order valence-electron chi connectivity index (χ4n) is 1.25. The summed E-state index contributed by atoms with van der Waals surface area (Å²) in [6.45, 7) is 1.73. The maximum atomic E-state index is 10.6. The SMILES string of the molecule is NC(=O)c1ccc(C(N)=O)cc1.OCCOCCOCCO. The lowest BCUT2D eigenvalue weighted by Crippen LogP contribution is -2.13. The zero-order chi connectivity index (χ0) is 16.8. The largest absolute Gasteiger partial charge is 0.394 e. The molecule has 1 aromatic rings. The van der Waals surface area contributed by atoms with E-state index in [9.17, 15) is 9.59 Å². The fourth-order valence-corrected chi connectivity index (χ4v) is 1.25. The molecule has 0 heterocycles. The molecule has 0 aliphatic rings. The quantitative estimate of drug-likeness (QED) is 0.425. The molecule has 0 saturated heterocycles. The number of aliphatic hydroxyl groups is 2. The number of rotatable bonds is 9. The van der Waals surface area contributed by atoms with Gasteiger partial charge in [0, 0.05) is 11.1 Å². The Morgan fingerprint density at radius 1 is 0.773 bits per heavy atom. The summed E-state index contributed by atoms with van der Waals surface area (Å²) >= 11 is 0. The molecule has 8 heteroatoms. The normalized spacial score (nSPS) is 9.73. The van der Waals surface area contributed by atoms with Crippen molar-refractivity contribution in [2.45, 2.75) is 0 Å². The Kier molecular flexibility index (Phi) is 11.6. The standard InChI is InChI=1S/C8H8N2O2.C6H14O4/c9-7(11)5-1-2-6(4-3-5)8(10)12;7-1-3-9-5-6-10-4-2-8/h1-4H,(H2,9,11)(H2,10,12);7-8H,1-6H2. The topological polar surface area (TPSA) is 145 Å². The third-order valence-electron chi connectivity index (χ3n) is 2.30. The molecule has 0 saturated carbocycles. The first-order valence-electron chi connectivity index (χ1n) is 6.59. The van der Waals surface area contributed by atoms with E-state index in [1.165, 1.54) is 24.3 Å². The summed E-state index contributed by atoms with van der Waals surface area (Å²) < 4.78 is 9.75. The van der Waals surface area contributed by atoms with Crippen molar-refractivity contribution in [3.05, 3.63) is 35.4 Å². The molecule has 0 unspecified atom stereocenters. The van der Waals surface area contributed by atoms with E-state index in [-0.39, 0.29) is 13.2 Å². The van der Waals surface area contributed by atoms with Gasteiger partial charge in [0.25, 0.3) is 0 Å². The molecule has 1 aromatic carbocycles. The highest BCUT2D eigenvalue weighted by atomic mass is 16.5. The van der Waals surface area contributed by atoms with Gasteiger partial charge in [-0.25, -0.2) is 0 Å². The summed E-state index contributed by atoms with van der Waals surface area (Å²) in [7, 11) is 0. The van der Waals surface area contributed by atoms with Crippen LogP contribution in [-0.2, 0) is 9.47 Å². The van der Waals surface area contributed by atoms with E-state index < -0.39 is 11.8 Å². The molecule has 0 fully saturated rings. The lowest BCUT2D eigenvalue weighted by Gasteiger charge is -2.01. The number of nitrogens with two attached hydrogens (primary N) is 2. The Bertz CT molecular complexity index is 394. The van der Waals surface area contributed by atoms with Crippen molar-refractivity contribution in [2.24, 2.45) is 11.5 Å². The molecule has 0 atom stereocenters. The lowest BCUT2D eigenvalue weighted by atomic mass is 10.1. The molecule has 0 aliphatic carbocycles. The molecular weight excluding hydrogens is 292 g/mol. The number of aliphatic hydroxyl groups excluding tert-OH is 2. The molecule has 124 valence electrons. The Balaban J connectivity index is 0.000000409. The summed E-state index contributed by atoms with van der Waals surface area (Å²) in [5.74, 6) is -1.04. The molecule has 22 heavy (non-hydrogen) atoms. The highest BCUT2D eigenvalue weighted by Gasteiger charge is 2.02. The molecule has 0 spiro atoms. The minimum Gasteiger partial charge on any atom is -0.394 e. The van der Waals surface area contributed by atoms with Gasteiger partial charge >= 0.3 is 0 Å². The van der Waals surface area contributed by atoms with Gasteiger partial charge in [-0.15, -0.1) is 0 Å². The highest BCUT2D eigenvalue weighted by Crippen LogP contribution is 2.02. The molecule has 0 aromatic heterocycles. The van der Waals surface area contributed by atoms with Gasteiger partial charge in [0.05, 0.1) is 39.6 Å². The van der Waals surface area contributed by atoms with Gasteiger partial charge in [-0.1, -0.05) is 0 Å². The van der Waals surface area contributed by atoms with Gasteiger partial charge < -0.3 is 31.2 Å². The average Bonchev–Trinajstić information content (AvgIpc) is 2.51. The summed E-state index contributed by atoms with van der Waals surface area (Å²) in [6.07, 6.45) is 0. The summed E-state index contributed by atoms with van der Waals surface area (Å²) in [4.78, 5) is 21.2. The number of amides is 2. The van der Waals surface area contributed by atoms with Crippen molar-refractivity contribution in [2.75, 3.05) is 39.6 Å². The van der Waals surface area contributed by atoms with Gasteiger partial charge in [0.15, 0.2) is 0 Å². The van der Waals surface area contributed by atoms with Crippen LogP contribution >= 0.6 is 0 Å². The smallest absolute Gasteiger partial charge is 0.248 e. The first-order valence-corrected chi connectivity index (χ1v) is 6.59. The van der Waals surface area contributed by atoms with Gasteiger partial charge in [-0.3, -0.25) is 9.59 Å². The van der Waals surface area contributed by atoms with Gasteiger partial charge in [-0.2, -0.15) is 0 Å². The third kappa shape index (κ3) is 9.83. The summed E-state index contributed by atoms with van der Waals surface area (Å²) in [5.41, 5.74) is 10.7. The van der Waals surface area contributed by atoms with Crippen molar-refractivity contribution in [3.8, 4) is 0 Å². The number of primary amides is 2. The molecule has 1 rings (SSSR count). The average molecular weight is 314 g/mol. The fraction of sp³-hybridized carbons (Fsp3) is 0.429. The van der Waals surface area contributed by atoms with Crippen LogP contribution in [0, 0.1) is 0 Å². The Hall–Kier alpha value is -2.00. The zero-order valence-corrected chi connectivity index (χ0v) is 12.2. The Morgan fingerprint density at radius 3 is 1.32 bits per heavy atom. The second-order valence-corrected chi connectivity index (χ2v) is 3.98. The minimum absolute atomic E-state index is 0.0417. The van der Waals surface area contributed by atoms with Gasteiger partial charge in [0.1, 0.15) is 0 Å². The molecular formula is C14H22N2O6. The molecule has 2 amide bonds. The Labute approximate surface area is 128 Å². The first-order chi connectivity index (χ1) is 10.5. The van der Waals surface area contributed by atoms with Crippen molar-refractivity contribution in [1.82, 2.24) is 0 Å². The van der Waals surface area contributed by atoms with Gasteiger partial charge in [0.2, 0.25) is 11.8 Å². The Morgan fingerprint density at radius 2 is 1.09 bits per heavy atom. The third-order valence-corrected chi connectivity index (χ3v) is 2.30. The van der Waals surface area contributed by atoms with E-state index in [4.69, 9.17) is 31.2 Å². The number of benzene rings is 1. The zero-order valence-electron chi connectivity index (χ0n) is 12.2. The van der Waals surface area contributed by atoms with Crippen molar-refractivity contribution < 1.29 is 29.3 Å². The number of carbonyl (C=O) groups is 2.